The van der Waals surface area contributed by atoms with E-state index in [1.54, 1.807) is 11.3 Å². The Morgan fingerprint density at radius 3 is 2.62 bits per heavy atom. The molecule has 118 valence electrons. The number of aryl methyl sites for hydroxylation is 1. The largest absolute Gasteiger partial charge is 0.339 e. The standard InChI is InChI=1S/C19H15N3OS/c1-13-6-5-9-15(10-13)19-21-17(23-22-19)11-18-20-16(12-24-18)14-7-3-2-4-8-14/h2-10,12H,11H2,1H3. The molecule has 0 radical (unpaired) electrons. The van der Waals surface area contributed by atoms with Gasteiger partial charge < -0.3 is 4.52 Å². The van der Waals surface area contributed by atoms with Gasteiger partial charge in [-0.2, -0.15) is 4.98 Å². The first-order chi connectivity index (χ1) is 11.8. The van der Waals surface area contributed by atoms with Gasteiger partial charge in [-0.05, 0) is 13.0 Å². The van der Waals surface area contributed by atoms with Crippen molar-refractivity contribution in [2.24, 2.45) is 0 Å². The number of hydrogen-bond donors (Lipinski definition) is 0. The van der Waals surface area contributed by atoms with Crippen molar-refractivity contribution in [1.82, 2.24) is 15.1 Å². The molecule has 4 aromatic rings. The maximum Gasteiger partial charge on any atom is 0.233 e. The average Bonchev–Trinajstić information content (AvgIpc) is 3.26. The van der Waals surface area contributed by atoms with E-state index in [2.05, 4.69) is 32.6 Å². The Balaban J connectivity index is 1.54. The molecule has 0 aliphatic heterocycles. The average molecular weight is 333 g/mol. The molecule has 0 N–H and O–H groups in total. The number of aromatic nitrogens is 3. The lowest BCUT2D eigenvalue weighted by Crippen LogP contribution is -1.88. The molecule has 0 fully saturated rings. The normalized spacial score (nSPS) is 10.9. The molecule has 4 nitrogen and oxygen atoms in total. The minimum atomic E-state index is 0.552. The Morgan fingerprint density at radius 1 is 0.958 bits per heavy atom. The van der Waals surface area contributed by atoms with Gasteiger partial charge in [0.1, 0.15) is 5.01 Å². The van der Waals surface area contributed by atoms with Crippen LogP contribution in [0, 0.1) is 6.92 Å². The van der Waals surface area contributed by atoms with Crippen LogP contribution in [0.25, 0.3) is 22.6 Å². The second kappa shape index (κ2) is 6.37. The topological polar surface area (TPSA) is 51.8 Å². The predicted molar refractivity (Wildman–Crippen MR) is 94.8 cm³/mol. The summed E-state index contributed by atoms with van der Waals surface area (Å²) in [7, 11) is 0. The highest BCUT2D eigenvalue weighted by molar-refractivity contribution is 7.10. The molecule has 0 aliphatic rings. The van der Waals surface area contributed by atoms with Crippen LogP contribution in [-0.4, -0.2) is 15.1 Å². The maximum absolute atomic E-state index is 5.38. The zero-order valence-electron chi connectivity index (χ0n) is 13.1. The van der Waals surface area contributed by atoms with E-state index in [9.17, 15) is 0 Å². The molecular weight excluding hydrogens is 318 g/mol. The van der Waals surface area contributed by atoms with Gasteiger partial charge in [0.15, 0.2) is 0 Å². The Kier molecular flexibility index (Phi) is 3.92. The van der Waals surface area contributed by atoms with E-state index in [0.717, 1.165) is 21.8 Å². The van der Waals surface area contributed by atoms with E-state index in [-0.39, 0.29) is 0 Å². The molecule has 5 heteroatoms. The van der Waals surface area contributed by atoms with Gasteiger partial charge in [-0.15, -0.1) is 11.3 Å². The minimum Gasteiger partial charge on any atom is -0.339 e. The Labute approximate surface area is 143 Å². The Morgan fingerprint density at radius 2 is 1.79 bits per heavy atom. The van der Waals surface area contributed by atoms with Crippen molar-refractivity contribution in [1.29, 1.82) is 0 Å². The van der Waals surface area contributed by atoms with Crippen molar-refractivity contribution in [3.05, 3.63) is 76.4 Å². The van der Waals surface area contributed by atoms with Crippen LogP contribution in [0.4, 0.5) is 0 Å². The SMILES string of the molecule is Cc1cccc(-c2noc(Cc3nc(-c4ccccc4)cs3)n2)c1. The van der Waals surface area contributed by atoms with Crippen LogP contribution in [0.15, 0.2) is 64.5 Å². The van der Waals surface area contributed by atoms with Gasteiger partial charge in [0.25, 0.3) is 0 Å². The van der Waals surface area contributed by atoms with E-state index in [4.69, 9.17) is 4.52 Å². The third-order valence-corrected chi connectivity index (χ3v) is 4.52. The van der Waals surface area contributed by atoms with Crippen LogP contribution in [0.1, 0.15) is 16.5 Å². The molecule has 0 saturated carbocycles. The Bertz CT molecular complexity index is 959. The Hall–Kier alpha value is -2.79. The molecule has 0 atom stereocenters. The zero-order valence-corrected chi connectivity index (χ0v) is 14.0. The van der Waals surface area contributed by atoms with E-state index < -0.39 is 0 Å². The summed E-state index contributed by atoms with van der Waals surface area (Å²) in [5.74, 6) is 1.20. The third-order valence-electron chi connectivity index (χ3n) is 3.67. The second-order valence-corrected chi connectivity index (χ2v) is 6.49. The molecule has 0 spiro atoms. The fourth-order valence-electron chi connectivity index (χ4n) is 2.49. The van der Waals surface area contributed by atoms with Crippen LogP contribution >= 0.6 is 11.3 Å². The molecule has 0 amide bonds. The summed E-state index contributed by atoms with van der Waals surface area (Å²) in [6.07, 6.45) is 0.552. The van der Waals surface area contributed by atoms with Gasteiger partial charge in [-0.1, -0.05) is 59.3 Å². The fraction of sp³-hybridized carbons (Fsp3) is 0.105. The molecule has 0 bridgehead atoms. The van der Waals surface area contributed by atoms with Crippen LogP contribution in [0.2, 0.25) is 0 Å². The van der Waals surface area contributed by atoms with Crippen molar-refractivity contribution in [2.45, 2.75) is 13.3 Å². The molecule has 2 aromatic carbocycles. The lowest BCUT2D eigenvalue weighted by Gasteiger charge is -1.95. The van der Waals surface area contributed by atoms with Crippen LogP contribution in [0.3, 0.4) is 0 Å². The zero-order chi connectivity index (χ0) is 16.4. The quantitative estimate of drug-likeness (QED) is 0.540. The first-order valence-electron chi connectivity index (χ1n) is 7.67. The highest BCUT2D eigenvalue weighted by Gasteiger charge is 2.12. The van der Waals surface area contributed by atoms with Crippen molar-refractivity contribution in [2.75, 3.05) is 0 Å². The van der Waals surface area contributed by atoms with Crippen LogP contribution < -0.4 is 0 Å². The van der Waals surface area contributed by atoms with Crippen LogP contribution in [-0.2, 0) is 6.42 Å². The summed E-state index contributed by atoms with van der Waals surface area (Å²) in [5, 5.41) is 7.10. The molecule has 2 aromatic heterocycles. The molecular formula is C19H15N3OS. The van der Waals surface area contributed by atoms with Gasteiger partial charge in [0.2, 0.25) is 11.7 Å². The predicted octanol–water partition coefficient (Wildman–Crippen LogP) is 4.76. The summed E-state index contributed by atoms with van der Waals surface area (Å²) in [6, 6.07) is 18.2. The van der Waals surface area contributed by atoms with Crippen molar-refractivity contribution in [3.63, 3.8) is 0 Å². The van der Waals surface area contributed by atoms with Gasteiger partial charge in [0, 0.05) is 16.5 Å². The minimum absolute atomic E-state index is 0.552. The lowest BCUT2D eigenvalue weighted by atomic mass is 10.1. The third kappa shape index (κ3) is 3.12. The molecule has 0 saturated heterocycles. The number of hydrogen-bond acceptors (Lipinski definition) is 5. The fourth-order valence-corrected chi connectivity index (χ4v) is 3.29. The molecule has 2 heterocycles. The summed E-state index contributed by atoms with van der Waals surface area (Å²) < 4.78 is 5.38. The number of rotatable bonds is 4. The number of nitrogens with zero attached hydrogens (tertiary/aromatic N) is 3. The van der Waals surface area contributed by atoms with Gasteiger partial charge in [-0.3, -0.25) is 0 Å². The smallest absolute Gasteiger partial charge is 0.233 e. The van der Waals surface area contributed by atoms with Gasteiger partial charge >= 0.3 is 0 Å². The molecule has 0 aliphatic carbocycles. The summed E-state index contributed by atoms with van der Waals surface area (Å²) in [4.78, 5) is 9.15. The number of benzene rings is 2. The molecule has 0 unspecified atom stereocenters. The highest BCUT2D eigenvalue weighted by atomic mass is 32.1. The second-order valence-electron chi connectivity index (χ2n) is 5.55. The van der Waals surface area contributed by atoms with E-state index in [1.807, 2.05) is 49.4 Å². The van der Waals surface area contributed by atoms with Gasteiger partial charge in [0.05, 0.1) is 12.1 Å². The summed E-state index contributed by atoms with van der Waals surface area (Å²) in [6.45, 7) is 2.05. The first-order valence-corrected chi connectivity index (χ1v) is 8.55. The number of thiazole rings is 1. The van der Waals surface area contributed by atoms with Crippen molar-refractivity contribution < 1.29 is 4.52 Å². The van der Waals surface area contributed by atoms with Crippen molar-refractivity contribution >= 4 is 11.3 Å². The van der Waals surface area contributed by atoms with Crippen LogP contribution in [0.5, 0.6) is 0 Å². The molecule has 24 heavy (non-hydrogen) atoms. The summed E-state index contributed by atoms with van der Waals surface area (Å²) >= 11 is 1.61. The molecule has 4 rings (SSSR count). The lowest BCUT2D eigenvalue weighted by molar-refractivity contribution is 0.385. The maximum atomic E-state index is 5.38. The van der Waals surface area contributed by atoms with E-state index in [1.165, 1.54) is 5.56 Å². The first kappa shape index (κ1) is 14.8. The van der Waals surface area contributed by atoms with Gasteiger partial charge in [-0.25, -0.2) is 4.98 Å². The van der Waals surface area contributed by atoms with E-state index in [0.29, 0.717) is 18.1 Å². The highest BCUT2D eigenvalue weighted by Crippen LogP contribution is 2.24. The summed E-state index contributed by atoms with van der Waals surface area (Å²) in [5.41, 5.74) is 4.24. The van der Waals surface area contributed by atoms with E-state index >= 15 is 0 Å². The monoisotopic (exact) mass is 333 g/mol. The van der Waals surface area contributed by atoms with Crippen molar-refractivity contribution in [3.8, 4) is 22.6 Å².